The van der Waals surface area contributed by atoms with Crippen LogP contribution in [0, 0.1) is 0 Å². The second kappa shape index (κ2) is 22.0. The minimum Gasteiger partial charge on any atom is -0.822 e. The molecule has 0 aliphatic rings. The van der Waals surface area contributed by atoms with Crippen LogP contribution in [0.5, 0.6) is 0 Å². The van der Waals surface area contributed by atoms with E-state index in [0.717, 1.165) is 0 Å². The van der Waals surface area contributed by atoms with E-state index in [9.17, 15) is 0 Å². The van der Waals surface area contributed by atoms with Gasteiger partial charge in [0.25, 0.3) is 0 Å². The van der Waals surface area contributed by atoms with E-state index in [1.165, 1.54) is 11.5 Å². The van der Waals surface area contributed by atoms with Gasteiger partial charge >= 0.3 is 88.7 Å². The SMILES string of the molecule is CCSSCC.O=P([O-])([O-])[O-].[Na+].[Na+].[Na+]. The van der Waals surface area contributed by atoms with E-state index in [0.29, 0.717) is 0 Å². The molecule has 0 aromatic heterocycles. The fourth-order valence-electron chi connectivity index (χ4n) is 0.167. The molecule has 0 heterocycles. The van der Waals surface area contributed by atoms with Gasteiger partial charge in [-0.05, 0) is 0 Å². The fraction of sp³-hybridized carbons (Fsp3) is 1.00. The Morgan fingerprint density at radius 2 is 1.07 bits per heavy atom. The Morgan fingerprint density at radius 3 is 1.14 bits per heavy atom. The van der Waals surface area contributed by atoms with Gasteiger partial charge in [-0.2, -0.15) is 7.82 Å². The van der Waals surface area contributed by atoms with E-state index in [4.69, 9.17) is 19.2 Å². The van der Waals surface area contributed by atoms with Crippen LogP contribution in [0.1, 0.15) is 13.8 Å². The third kappa shape index (κ3) is 74.8. The van der Waals surface area contributed by atoms with Crippen molar-refractivity contribution in [3.63, 3.8) is 0 Å². The first-order valence-electron chi connectivity index (χ1n) is 2.89. The van der Waals surface area contributed by atoms with Crippen LogP contribution in [-0.2, 0) is 4.57 Å². The second-order valence-electron chi connectivity index (χ2n) is 1.26. The van der Waals surface area contributed by atoms with Crippen molar-refractivity contribution in [3.8, 4) is 0 Å². The first-order valence-corrected chi connectivity index (χ1v) is 6.84. The van der Waals surface area contributed by atoms with Gasteiger partial charge in [-0.3, -0.25) is 0 Å². The Morgan fingerprint density at radius 1 is 0.929 bits per heavy atom. The number of rotatable bonds is 3. The summed E-state index contributed by atoms with van der Waals surface area (Å²) in [5, 5.41) is 0. The fourth-order valence-corrected chi connectivity index (χ4v) is 1.50. The summed E-state index contributed by atoms with van der Waals surface area (Å²) in [6.07, 6.45) is 0. The zero-order chi connectivity index (χ0) is 9.33. The van der Waals surface area contributed by atoms with E-state index in [-0.39, 0.29) is 88.7 Å². The number of hydrogen-bond acceptors (Lipinski definition) is 6. The Bertz CT molecular complexity index is 113. The van der Waals surface area contributed by atoms with Gasteiger partial charge in [-0.15, -0.1) is 0 Å². The second-order valence-corrected chi connectivity index (χ2v) is 5.20. The molecule has 0 aromatic rings. The van der Waals surface area contributed by atoms with Crippen molar-refractivity contribution in [2.45, 2.75) is 13.8 Å². The van der Waals surface area contributed by atoms with Gasteiger partial charge in [0, 0.05) is 11.5 Å². The predicted molar refractivity (Wildman–Crippen MR) is 43.9 cm³/mol. The van der Waals surface area contributed by atoms with Crippen LogP contribution >= 0.6 is 29.4 Å². The average Bonchev–Trinajstić information content (AvgIpc) is 1.79. The summed E-state index contributed by atoms with van der Waals surface area (Å²) in [5.41, 5.74) is 0. The topological polar surface area (TPSA) is 86.2 Å². The van der Waals surface area contributed by atoms with E-state index in [1.807, 2.05) is 21.6 Å². The summed E-state index contributed by atoms with van der Waals surface area (Å²) in [6.45, 7) is 4.35. The van der Waals surface area contributed by atoms with Crippen LogP contribution in [-0.4, -0.2) is 11.5 Å². The standard InChI is InChI=1S/C4H10S2.3Na.H3O4P/c1-3-5-6-4-2;;;;1-5(2,3)4/h3-4H2,1-2H3;;;;(H3,1,2,3,4)/q;3*+1;/p-3. The molecule has 4 nitrogen and oxygen atoms in total. The minimum atomic E-state index is -5.39. The van der Waals surface area contributed by atoms with Gasteiger partial charge in [0.05, 0.1) is 0 Å². The van der Waals surface area contributed by atoms with Crippen LogP contribution in [0.4, 0.5) is 0 Å². The first-order chi connectivity index (χ1) is 4.91. The summed E-state index contributed by atoms with van der Waals surface area (Å²) in [7, 11) is -1.54. The minimum absolute atomic E-state index is 0. The Balaban J connectivity index is -0.0000000321. The van der Waals surface area contributed by atoms with E-state index >= 15 is 0 Å². The molecule has 0 aromatic carbocycles. The molecule has 0 saturated carbocycles. The summed E-state index contributed by atoms with van der Waals surface area (Å²) in [4.78, 5) is 25.6. The summed E-state index contributed by atoms with van der Waals surface area (Å²) in [5.74, 6) is 2.47. The zero-order valence-electron chi connectivity index (χ0n) is 9.31. The molecule has 0 aliphatic carbocycles. The van der Waals surface area contributed by atoms with Gasteiger partial charge in [-0.1, -0.05) is 35.4 Å². The molecule has 0 unspecified atom stereocenters. The van der Waals surface area contributed by atoms with Crippen LogP contribution in [0.15, 0.2) is 0 Å². The third-order valence-electron chi connectivity index (χ3n) is 0.319. The van der Waals surface area contributed by atoms with Crippen molar-refractivity contribution in [1.82, 2.24) is 0 Å². The largest absolute Gasteiger partial charge is 1.00 e. The number of phosphoric acid groups is 1. The van der Waals surface area contributed by atoms with Crippen molar-refractivity contribution in [3.05, 3.63) is 0 Å². The van der Waals surface area contributed by atoms with Crippen molar-refractivity contribution >= 4 is 29.4 Å². The zero-order valence-corrected chi connectivity index (χ0v) is 17.8. The summed E-state index contributed by atoms with van der Waals surface area (Å²) >= 11 is 0. The van der Waals surface area contributed by atoms with Crippen LogP contribution in [0.25, 0.3) is 0 Å². The first kappa shape index (κ1) is 30.7. The van der Waals surface area contributed by atoms with Gasteiger partial charge in [0.15, 0.2) is 0 Å². The molecular weight excluding hydrogens is 276 g/mol. The van der Waals surface area contributed by atoms with Crippen LogP contribution in [0.2, 0.25) is 0 Å². The quantitative estimate of drug-likeness (QED) is 0.222. The summed E-state index contributed by atoms with van der Waals surface area (Å²) in [6, 6.07) is 0. The monoisotopic (exact) mass is 286 g/mol. The average molecular weight is 286 g/mol. The molecule has 14 heavy (non-hydrogen) atoms. The third-order valence-corrected chi connectivity index (χ3v) is 2.87. The van der Waals surface area contributed by atoms with Crippen LogP contribution in [0.3, 0.4) is 0 Å². The maximum atomic E-state index is 8.55. The van der Waals surface area contributed by atoms with Gasteiger partial charge in [0.2, 0.25) is 0 Å². The van der Waals surface area contributed by atoms with Crippen molar-refractivity contribution in [2.24, 2.45) is 0 Å². The molecule has 0 saturated heterocycles. The predicted octanol–water partition coefficient (Wildman–Crippen LogP) is -9.41. The number of hydrogen-bond donors (Lipinski definition) is 0. The summed E-state index contributed by atoms with van der Waals surface area (Å²) < 4.78 is 8.55. The molecule has 0 bridgehead atoms. The molecule has 0 amide bonds. The van der Waals surface area contributed by atoms with Crippen molar-refractivity contribution < 1.29 is 108 Å². The van der Waals surface area contributed by atoms with Crippen molar-refractivity contribution in [1.29, 1.82) is 0 Å². The maximum Gasteiger partial charge on any atom is 1.00 e. The van der Waals surface area contributed by atoms with E-state index in [1.54, 1.807) is 0 Å². The smallest absolute Gasteiger partial charge is 0.822 e. The molecule has 0 spiro atoms. The van der Waals surface area contributed by atoms with Gasteiger partial charge in [-0.25, -0.2) is 0 Å². The molecule has 0 atom stereocenters. The van der Waals surface area contributed by atoms with Crippen molar-refractivity contribution in [2.75, 3.05) is 11.5 Å². The van der Waals surface area contributed by atoms with E-state index < -0.39 is 7.82 Å². The van der Waals surface area contributed by atoms with Crippen LogP contribution < -0.4 is 103 Å². The molecule has 0 rings (SSSR count). The molecule has 0 fully saturated rings. The molecular formula is C4H10Na3O4PS2. The molecule has 10 heteroatoms. The van der Waals surface area contributed by atoms with Gasteiger partial charge < -0.3 is 19.2 Å². The Kier molecular flexibility index (Phi) is 48.3. The van der Waals surface area contributed by atoms with Gasteiger partial charge in [0.1, 0.15) is 0 Å². The van der Waals surface area contributed by atoms with E-state index in [2.05, 4.69) is 13.8 Å². The molecule has 0 aliphatic heterocycles. The maximum absolute atomic E-state index is 8.55. The Labute approximate surface area is 160 Å². The Hall–Kier alpha value is 3.81. The molecule has 0 radical (unpaired) electrons. The normalized spacial score (nSPS) is 8.07. The molecule has 0 N–H and O–H groups in total. The molecule has 70 valence electrons.